The maximum absolute atomic E-state index is 12.7. The van der Waals surface area contributed by atoms with Gasteiger partial charge in [0.25, 0.3) is 0 Å². The fourth-order valence-electron chi connectivity index (χ4n) is 4.77. The van der Waals surface area contributed by atoms with Crippen molar-refractivity contribution in [3.05, 3.63) is 102 Å². The molecule has 0 aliphatic carbocycles. The summed E-state index contributed by atoms with van der Waals surface area (Å²) in [6.07, 6.45) is 0.254. The number of rotatable bonds is 25. The maximum atomic E-state index is 12.7. The molecule has 0 unspecified atom stereocenters. The number of nitrogens with two attached hydrogens (primary N) is 1. The highest BCUT2D eigenvalue weighted by atomic mass is 32.2. The number of amides is 3. The molecule has 0 saturated carbocycles. The maximum Gasteiger partial charge on any atom is 0.247 e. The molecule has 0 heterocycles. The Bertz CT molecular complexity index is 1330. The van der Waals surface area contributed by atoms with E-state index in [0.29, 0.717) is 45.3 Å². The zero-order valence-corrected chi connectivity index (χ0v) is 28.8. The lowest BCUT2D eigenvalue weighted by molar-refractivity contribution is -0.128. The molecule has 49 heavy (non-hydrogen) atoms. The van der Waals surface area contributed by atoms with Crippen LogP contribution in [0.15, 0.2) is 84.9 Å². The standard InChI is InChI=1S/C36H48N4O8S/c1-44-32-14-12-31(13-15-32)36(29-8-4-2-5-9-29,30-10-6-3-7-11-30)49-25-16-33(41)39-28-40-35(43)27-48-24-22-46-20-18-38-34(42)26-47-23-21-45-19-17-37/h2-15H,16-28,37H2,1H3,(H,38,42)(H,39,41)(H,40,43). The molecule has 3 aromatic rings. The molecule has 0 spiro atoms. The molecule has 12 nitrogen and oxygen atoms in total. The first-order valence-corrected chi connectivity index (χ1v) is 17.2. The van der Waals surface area contributed by atoms with Crippen molar-refractivity contribution in [3.63, 3.8) is 0 Å². The first-order valence-electron chi connectivity index (χ1n) is 16.2. The largest absolute Gasteiger partial charge is 0.497 e. The second kappa shape index (κ2) is 23.4. The van der Waals surface area contributed by atoms with E-state index in [0.717, 1.165) is 22.4 Å². The summed E-state index contributed by atoms with van der Waals surface area (Å²) in [7, 11) is 1.64. The molecule has 0 aromatic heterocycles. The lowest BCUT2D eigenvalue weighted by atomic mass is 9.84. The van der Waals surface area contributed by atoms with Crippen molar-refractivity contribution in [1.29, 1.82) is 0 Å². The van der Waals surface area contributed by atoms with Crippen molar-refractivity contribution >= 4 is 29.5 Å². The van der Waals surface area contributed by atoms with Crippen LogP contribution in [0.4, 0.5) is 0 Å². The summed E-state index contributed by atoms with van der Waals surface area (Å²) in [6, 6.07) is 28.5. The van der Waals surface area contributed by atoms with Gasteiger partial charge in [0.05, 0.1) is 58.2 Å². The molecule has 0 aliphatic heterocycles. The zero-order chi connectivity index (χ0) is 35.0. The molecule has 0 atom stereocenters. The predicted molar refractivity (Wildman–Crippen MR) is 189 cm³/mol. The molecule has 13 heteroatoms. The van der Waals surface area contributed by atoms with Gasteiger partial charge in [0.2, 0.25) is 17.7 Å². The number of carbonyl (C=O) groups is 3. The van der Waals surface area contributed by atoms with E-state index >= 15 is 0 Å². The third kappa shape index (κ3) is 14.2. The van der Waals surface area contributed by atoms with Gasteiger partial charge in [-0.2, -0.15) is 0 Å². The lowest BCUT2D eigenvalue weighted by Gasteiger charge is -2.35. The number of benzene rings is 3. The lowest BCUT2D eigenvalue weighted by Crippen LogP contribution is -2.39. The number of ether oxygens (including phenoxy) is 5. The van der Waals surface area contributed by atoms with Gasteiger partial charge < -0.3 is 45.4 Å². The van der Waals surface area contributed by atoms with Gasteiger partial charge in [0, 0.05) is 25.3 Å². The average Bonchev–Trinajstić information content (AvgIpc) is 3.13. The summed E-state index contributed by atoms with van der Waals surface area (Å²) >= 11 is 1.68. The summed E-state index contributed by atoms with van der Waals surface area (Å²) in [5, 5.41) is 8.07. The van der Waals surface area contributed by atoms with Crippen LogP contribution in [0.1, 0.15) is 23.1 Å². The van der Waals surface area contributed by atoms with E-state index in [1.165, 1.54) is 0 Å². The van der Waals surface area contributed by atoms with Gasteiger partial charge in [-0.05, 0) is 28.8 Å². The Morgan fingerprint density at radius 1 is 0.633 bits per heavy atom. The second-order valence-corrected chi connectivity index (χ2v) is 11.9. The third-order valence-corrected chi connectivity index (χ3v) is 8.67. The highest BCUT2D eigenvalue weighted by Crippen LogP contribution is 2.48. The van der Waals surface area contributed by atoms with Crippen LogP contribution in [-0.4, -0.2) is 103 Å². The van der Waals surface area contributed by atoms with Crippen LogP contribution in [0, 0.1) is 0 Å². The van der Waals surface area contributed by atoms with E-state index in [1.807, 2.05) is 48.5 Å². The smallest absolute Gasteiger partial charge is 0.247 e. The second-order valence-electron chi connectivity index (χ2n) is 10.6. The molecule has 0 radical (unpaired) electrons. The molecule has 5 N–H and O–H groups in total. The van der Waals surface area contributed by atoms with E-state index in [1.54, 1.807) is 18.9 Å². The number of hydrogen-bond donors (Lipinski definition) is 4. The van der Waals surface area contributed by atoms with Crippen LogP contribution >= 0.6 is 11.8 Å². The highest BCUT2D eigenvalue weighted by molar-refractivity contribution is 8.00. The molecule has 266 valence electrons. The van der Waals surface area contributed by atoms with Crippen molar-refractivity contribution in [1.82, 2.24) is 16.0 Å². The summed E-state index contributed by atoms with van der Waals surface area (Å²) < 4.78 is 25.9. The van der Waals surface area contributed by atoms with E-state index in [4.69, 9.17) is 29.4 Å². The minimum atomic E-state index is -0.562. The Morgan fingerprint density at radius 3 is 1.71 bits per heavy atom. The molecular formula is C36H48N4O8S. The van der Waals surface area contributed by atoms with E-state index in [2.05, 4.69) is 52.3 Å². The summed E-state index contributed by atoms with van der Waals surface area (Å²) in [5.41, 5.74) is 8.59. The Balaban J connectivity index is 1.34. The first kappa shape index (κ1) is 39.5. The van der Waals surface area contributed by atoms with Gasteiger partial charge in [-0.15, -0.1) is 11.8 Å². The van der Waals surface area contributed by atoms with Crippen molar-refractivity contribution < 1.29 is 38.1 Å². The van der Waals surface area contributed by atoms with Crippen molar-refractivity contribution in [2.75, 3.05) is 85.5 Å². The fraction of sp³-hybridized carbons (Fsp3) is 0.417. The van der Waals surface area contributed by atoms with Gasteiger partial charge in [-0.3, -0.25) is 14.4 Å². The van der Waals surface area contributed by atoms with Crippen LogP contribution in [0.25, 0.3) is 0 Å². The van der Waals surface area contributed by atoms with Gasteiger partial charge in [0.1, 0.15) is 19.0 Å². The molecule has 0 bridgehead atoms. The van der Waals surface area contributed by atoms with Crippen LogP contribution < -0.4 is 26.4 Å². The van der Waals surface area contributed by atoms with Crippen LogP contribution in [0.3, 0.4) is 0 Å². The topological polar surface area (TPSA) is 159 Å². The number of nitrogens with one attached hydrogen (secondary N) is 3. The summed E-state index contributed by atoms with van der Waals surface area (Å²) in [6.45, 7) is 2.45. The quantitative estimate of drug-likeness (QED) is 0.0589. The minimum Gasteiger partial charge on any atom is -0.497 e. The SMILES string of the molecule is COc1ccc(C(SCCC(=O)NCNC(=O)COCCOCCNC(=O)COCCOCCN)(c2ccccc2)c2ccccc2)cc1. The van der Waals surface area contributed by atoms with Crippen LogP contribution in [0.2, 0.25) is 0 Å². The van der Waals surface area contributed by atoms with Crippen LogP contribution in [-0.2, 0) is 38.1 Å². The number of thioether (sulfide) groups is 1. The Kier molecular flexibility index (Phi) is 18.8. The van der Waals surface area contributed by atoms with Crippen LogP contribution in [0.5, 0.6) is 5.75 Å². The molecule has 0 fully saturated rings. The Morgan fingerprint density at radius 2 is 1.14 bits per heavy atom. The molecule has 3 aromatic carbocycles. The van der Waals surface area contributed by atoms with Crippen molar-refractivity contribution in [2.24, 2.45) is 5.73 Å². The van der Waals surface area contributed by atoms with Crippen molar-refractivity contribution in [3.8, 4) is 5.75 Å². The normalized spacial score (nSPS) is 11.1. The number of methoxy groups -OCH3 is 1. The molecule has 0 aliphatic rings. The predicted octanol–water partition coefficient (Wildman–Crippen LogP) is 2.44. The van der Waals surface area contributed by atoms with Gasteiger partial charge in [-0.25, -0.2) is 0 Å². The third-order valence-electron chi connectivity index (χ3n) is 7.12. The minimum absolute atomic E-state index is 0.00662. The Labute approximate surface area is 292 Å². The summed E-state index contributed by atoms with van der Waals surface area (Å²) in [5.74, 6) is 0.512. The number of hydrogen-bond acceptors (Lipinski definition) is 10. The number of carbonyl (C=O) groups excluding carboxylic acids is 3. The molecule has 3 amide bonds. The fourth-order valence-corrected chi connectivity index (χ4v) is 6.27. The van der Waals surface area contributed by atoms with Gasteiger partial charge >= 0.3 is 0 Å². The van der Waals surface area contributed by atoms with E-state index in [9.17, 15) is 14.4 Å². The summed E-state index contributed by atoms with van der Waals surface area (Å²) in [4.78, 5) is 36.6. The van der Waals surface area contributed by atoms with E-state index in [-0.39, 0.29) is 57.2 Å². The average molecular weight is 697 g/mol. The van der Waals surface area contributed by atoms with Crippen molar-refractivity contribution in [2.45, 2.75) is 11.2 Å². The highest BCUT2D eigenvalue weighted by Gasteiger charge is 2.37. The molecule has 3 rings (SSSR count). The van der Waals surface area contributed by atoms with Gasteiger partial charge in [-0.1, -0.05) is 72.8 Å². The molecular weight excluding hydrogens is 648 g/mol. The zero-order valence-electron chi connectivity index (χ0n) is 28.0. The molecule has 0 saturated heterocycles. The Hall–Kier alpha value is -3.98. The first-order chi connectivity index (χ1) is 24.0. The van der Waals surface area contributed by atoms with Gasteiger partial charge in [0.15, 0.2) is 0 Å². The monoisotopic (exact) mass is 696 g/mol. The van der Waals surface area contributed by atoms with E-state index < -0.39 is 4.75 Å².